The van der Waals surface area contributed by atoms with Gasteiger partial charge in [-0.3, -0.25) is 0 Å². The fraction of sp³-hybridized carbons (Fsp3) is 0.120. The van der Waals surface area contributed by atoms with Crippen LogP contribution in [-0.2, 0) is 5.60 Å². The number of rotatable bonds is 7. The van der Waals surface area contributed by atoms with E-state index in [4.69, 9.17) is 21.1 Å². The van der Waals surface area contributed by atoms with Crippen LogP contribution in [-0.4, -0.2) is 9.97 Å². The summed E-state index contributed by atoms with van der Waals surface area (Å²) in [7, 11) is 0. The van der Waals surface area contributed by atoms with Gasteiger partial charge >= 0.3 is 0 Å². The van der Waals surface area contributed by atoms with Gasteiger partial charge in [-0.05, 0) is 90.8 Å². The number of terminal acetylenes is 1. The summed E-state index contributed by atoms with van der Waals surface area (Å²) in [4.78, 5) is 10.3. The first-order chi connectivity index (χ1) is 25.9. The molecule has 0 saturated heterocycles. The van der Waals surface area contributed by atoms with Gasteiger partial charge in [-0.15, -0.1) is 6.42 Å². The van der Waals surface area contributed by atoms with E-state index in [-0.39, 0.29) is 0 Å². The number of hydrogen-bond donors (Lipinski definition) is 0. The first-order valence-electron chi connectivity index (χ1n) is 18.2. The van der Waals surface area contributed by atoms with Gasteiger partial charge < -0.3 is 4.74 Å². The van der Waals surface area contributed by atoms with E-state index in [1.807, 2.05) is 19.1 Å². The van der Waals surface area contributed by atoms with Crippen molar-refractivity contribution in [3.63, 3.8) is 0 Å². The van der Waals surface area contributed by atoms with Crippen LogP contribution in [0.15, 0.2) is 158 Å². The molecule has 2 heterocycles. The highest BCUT2D eigenvalue weighted by atomic mass is 16.5. The van der Waals surface area contributed by atoms with E-state index in [9.17, 15) is 0 Å². The third kappa shape index (κ3) is 6.68. The van der Waals surface area contributed by atoms with Crippen LogP contribution in [0.4, 0.5) is 0 Å². The highest BCUT2D eigenvalue weighted by Gasteiger charge is 2.33. The van der Waals surface area contributed by atoms with Gasteiger partial charge in [0.25, 0.3) is 0 Å². The molecule has 6 aromatic rings. The van der Waals surface area contributed by atoms with Crippen molar-refractivity contribution in [3.8, 4) is 74.2 Å². The molecule has 0 saturated carbocycles. The van der Waals surface area contributed by atoms with Gasteiger partial charge in [0, 0.05) is 27.8 Å². The third-order valence-electron chi connectivity index (χ3n) is 10.0. The average Bonchev–Trinajstić information content (AvgIpc) is 3.21. The van der Waals surface area contributed by atoms with Crippen LogP contribution in [0.1, 0.15) is 50.3 Å². The van der Waals surface area contributed by atoms with Crippen LogP contribution in [0.5, 0.6) is 5.75 Å². The highest BCUT2D eigenvalue weighted by molar-refractivity contribution is 5.91. The van der Waals surface area contributed by atoms with Crippen LogP contribution in [0, 0.1) is 12.3 Å². The first-order valence-corrected chi connectivity index (χ1v) is 18.2. The molecule has 1 aliphatic carbocycles. The van der Waals surface area contributed by atoms with Crippen molar-refractivity contribution in [1.29, 1.82) is 0 Å². The van der Waals surface area contributed by atoms with E-state index < -0.39 is 5.60 Å². The summed E-state index contributed by atoms with van der Waals surface area (Å²) in [5.41, 5.74) is 14.6. The van der Waals surface area contributed by atoms with Crippen LogP contribution in [0.25, 0.3) is 67.3 Å². The molecule has 0 spiro atoms. The SMILES string of the molecule is C#C/C=C(\C=C/C)c1ccc(-c2cc(-c3ccc(-c4cccc5c4-c4ccccc4C(C)(C)O5)cc3)nc(-c3ccc(C4=CCCC=C4)cc3)n2)cc1. The zero-order chi connectivity index (χ0) is 36.4. The fourth-order valence-corrected chi connectivity index (χ4v) is 7.35. The Labute approximate surface area is 312 Å². The lowest BCUT2D eigenvalue weighted by Crippen LogP contribution is -2.29. The van der Waals surface area contributed by atoms with Crippen molar-refractivity contribution in [2.45, 2.75) is 39.2 Å². The number of allylic oxidation sites excluding steroid dienone is 8. The summed E-state index contributed by atoms with van der Waals surface area (Å²) in [6, 6.07) is 42.7. The molecule has 1 aromatic heterocycles. The van der Waals surface area contributed by atoms with E-state index in [0.717, 1.165) is 74.5 Å². The summed E-state index contributed by atoms with van der Waals surface area (Å²) >= 11 is 0. The molecule has 8 rings (SSSR count). The number of benzene rings is 5. The quantitative estimate of drug-likeness (QED) is 0.124. The monoisotopic (exact) mass is 684 g/mol. The molecule has 0 radical (unpaired) electrons. The number of aromatic nitrogens is 2. The Balaban J connectivity index is 1.19. The fourth-order valence-electron chi connectivity index (χ4n) is 7.35. The topological polar surface area (TPSA) is 35.0 Å². The molecular weight excluding hydrogens is 645 g/mol. The van der Waals surface area contributed by atoms with Gasteiger partial charge in [-0.1, -0.05) is 145 Å². The minimum Gasteiger partial charge on any atom is -0.482 e. The number of nitrogens with zero attached hydrogens (tertiary/aromatic N) is 2. The lowest BCUT2D eigenvalue weighted by atomic mass is 9.83. The van der Waals surface area contributed by atoms with E-state index in [2.05, 4.69) is 159 Å². The Hall–Kier alpha value is -6.50. The van der Waals surface area contributed by atoms with Crippen LogP contribution < -0.4 is 4.74 Å². The molecule has 0 fully saturated rings. The van der Waals surface area contributed by atoms with Crippen LogP contribution in [0.3, 0.4) is 0 Å². The van der Waals surface area contributed by atoms with Gasteiger partial charge in [-0.25, -0.2) is 9.97 Å². The minimum atomic E-state index is -0.410. The van der Waals surface area contributed by atoms with Gasteiger partial charge in [0.1, 0.15) is 11.4 Å². The molecule has 0 unspecified atom stereocenters. The molecule has 3 heteroatoms. The lowest BCUT2D eigenvalue weighted by molar-refractivity contribution is 0.106. The predicted octanol–water partition coefficient (Wildman–Crippen LogP) is 12.8. The molecule has 0 N–H and O–H groups in total. The van der Waals surface area contributed by atoms with Gasteiger partial charge in [0.2, 0.25) is 0 Å². The third-order valence-corrected chi connectivity index (χ3v) is 10.0. The van der Waals surface area contributed by atoms with E-state index in [1.165, 1.54) is 22.3 Å². The van der Waals surface area contributed by atoms with Gasteiger partial charge in [0.05, 0.1) is 11.4 Å². The van der Waals surface area contributed by atoms with Gasteiger partial charge in [0.15, 0.2) is 5.82 Å². The zero-order valence-corrected chi connectivity index (χ0v) is 30.3. The average molecular weight is 685 g/mol. The summed E-state index contributed by atoms with van der Waals surface area (Å²) in [6.45, 7) is 6.25. The smallest absolute Gasteiger partial charge is 0.160 e. The van der Waals surface area contributed by atoms with Crippen molar-refractivity contribution in [2.75, 3.05) is 0 Å². The molecule has 1 aliphatic heterocycles. The standard InChI is InChI=1S/C50H40N2O/c1-5-13-34(14-6-2)36-21-27-39(28-22-36)45-33-46(52-49(51-45)41-31-23-37(24-32-41)35-15-8-7-9-16-35)40-29-25-38(26-30-40)42-18-12-20-47-48(42)43-17-10-11-19-44(43)50(3,4)53-47/h1,6,8,10-33H,7,9H2,2-4H3/b14-6-,34-13+. The molecule has 53 heavy (non-hydrogen) atoms. The lowest BCUT2D eigenvalue weighted by Gasteiger charge is -2.35. The second kappa shape index (κ2) is 14.3. The first kappa shape index (κ1) is 33.6. The Kier molecular flexibility index (Phi) is 9.05. The van der Waals surface area contributed by atoms with Crippen molar-refractivity contribution in [2.24, 2.45) is 0 Å². The summed E-state index contributed by atoms with van der Waals surface area (Å²) < 4.78 is 6.56. The molecule has 2 aliphatic rings. The molecule has 0 amide bonds. The largest absolute Gasteiger partial charge is 0.482 e. The second-order valence-corrected chi connectivity index (χ2v) is 13.9. The van der Waals surface area contributed by atoms with E-state index in [1.54, 1.807) is 6.08 Å². The Morgan fingerprint density at radius 1 is 0.717 bits per heavy atom. The van der Waals surface area contributed by atoms with Gasteiger partial charge in [-0.2, -0.15) is 0 Å². The van der Waals surface area contributed by atoms with Crippen molar-refractivity contribution in [1.82, 2.24) is 9.97 Å². The number of ether oxygens (including phenoxy) is 1. The summed E-state index contributed by atoms with van der Waals surface area (Å²) in [5.74, 6) is 4.25. The van der Waals surface area contributed by atoms with Crippen molar-refractivity contribution in [3.05, 3.63) is 174 Å². The normalized spacial score (nSPS) is 14.5. The molecule has 5 aromatic carbocycles. The molecule has 0 bridgehead atoms. The number of hydrogen-bond acceptors (Lipinski definition) is 3. The zero-order valence-electron chi connectivity index (χ0n) is 30.3. The molecule has 0 atom stereocenters. The number of fused-ring (bicyclic) bond motifs is 3. The maximum absolute atomic E-state index is 6.56. The van der Waals surface area contributed by atoms with E-state index in [0.29, 0.717) is 5.82 Å². The summed E-state index contributed by atoms with van der Waals surface area (Å²) in [5, 5.41) is 0. The second-order valence-electron chi connectivity index (χ2n) is 13.9. The minimum absolute atomic E-state index is 0.410. The maximum atomic E-state index is 6.56. The molecular formula is C50H40N2O. The van der Waals surface area contributed by atoms with Crippen LogP contribution in [0.2, 0.25) is 0 Å². The molecule has 3 nitrogen and oxygen atoms in total. The Morgan fingerprint density at radius 3 is 2.04 bits per heavy atom. The van der Waals surface area contributed by atoms with E-state index >= 15 is 0 Å². The predicted molar refractivity (Wildman–Crippen MR) is 221 cm³/mol. The Bertz CT molecular complexity index is 2490. The van der Waals surface area contributed by atoms with Crippen molar-refractivity contribution < 1.29 is 4.74 Å². The maximum Gasteiger partial charge on any atom is 0.160 e. The Morgan fingerprint density at radius 2 is 1.36 bits per heavy atom. The van der Waals surface area contributed by atoms with Crippen LogP contribution >= 0.6 is 0 Å². The van der Waals surface area contributed by atoms with Crippen molar-refractivity contribution >= 4 is 11.1 Å². The molecule has 256 valence electrons. The highest BCUT2D eigenvalue weighted by Crippen LogP contribution is 2.49. The summed E-state index contributed by atoms with van der Waals surface area (Å²) in [6.07, 6.45) is 20.4.